The van der Waals surface area contributed by atoms with Crippen molar-refractivity contribution in [1.82, 2.24) is 0 Å². The van der Waals surface area contributed by atoms with Crippen LogP contribution in [-0.2, 0) is 15.6 Å². The highest BCUT2D eigenvalue weighted by molar-refractivity contribution is 7.92. The molecule has 0 bridgehead atoms. The van der Waals surface area contributed by atoms with E-state index in [1.165, 1.54) is 12.1 Å². The molecule has 2 aromatic heterocycles. The fourth-order valence-electron chi connectivity index (χ4n) is 1.23. The van der Waals surface area contributed by atoms with E-state index in [1.54, 1.807) is 17.5 Å². The second kappa shape index (κ2) is 4.23. The number of carbonyl (C=O) groups is 1. The summed E-state index contributed by atoms with van der Waals surface area (Å²) in [5.41, 5.74) is 0. The molecule has 0 aliphatic carbocycles. The Kier molecular flexibility index (Phi) is 2.93. The van der Waals surface area contributed by atoms with Crippen LogP contribution in [0.5, 0.6) is 0 Å². The van der Waals surface area contributed by atoms with Gasteiger partial charge in [0.1, 0.15) is 15.7 Å². The van der Waals surface area contributed by atoms with Gasteiger partial charge in [0.2, 0.25) is 0 Å². The number of rotatable bonds is 4. The number of hydrogen-bond acceptors (Lipinski definition) is 5. The van der Waals surface area contributed by atoms with Gasteiger partial charge < -0.3 is 4.42 Å². The number of hydrogen-bond donors (Lipinski definition) is 0. The zero-order valence-corrected chi connectivity index (χ0v) is 9.75. The number of thiophene rings is 1. The fraction of sp³-hybridized carbons (Fsp3) is 0.100. The maximum atomic E-state index is 11.8. The summed E-state index contributed by atoms with van der Waals surface area (Å²) < 4.78 is 29.0. The van der Waals surface area contributed by atoms with E-state index in [0.717, 1.165) is 11.3 Å². The van der Waals surface area contributed by atoms with Crippen molar-refractivity contribution >= 4 is 27.5 Å². The molecule has 0 saturated carbocycles. The molecular formula is C10H8O4S2. The van der Waals surface area contributed by atoms with Crippen LogP contribution in [0.25, 0.3) is 0 Å². The van der Waals surface area contributed by atoms with Gasteiger partial charge >= 0.3 is 0 Å². The Bertz CT molecular complexity index is 578. The van der Waals surface area contributed by atoms with Gasteiger partial charge in [-0.15, -0.1) is 11.3 Å². The fourth-order valence-corrected chi connectivity index (χ4v) is 3.57. The van der Waals surface area contributed by atoms with Crippen molar-refractivity contribution in [2.45, 2.75) is 9.96 Å². The number of furan rings is 1. The second-order valence-electron chi connectivity index (χ2n) is 3.11. The summed E-state index contributed by atoms with van der Waals surface area (Å²) in [4.78, 5) is 10.4. The summed E-state index contributed by atoms with van der Waals surface area (Å²) in [6, 6.07) is 6.17. The Balaban J connectivity index is 2.25. The highest BCUT2D eigenvalue weighted by atomic mass is 32.2. The molecule has 0 fully saturated rings. The quantitative estimate of drug-likeness (QED) is 0.786. The monoisotopic (exact) mass is 256 g/mol. The molecule has 4 nitrogen and oxygen atoms in total. The zero-order valence-electron chi connectivity index (χ0n) is 8.12. The molecule has 2 heterocycles. The van der Waals surface area contributed by atoms with Crippen LogP contribution in [0.4, 0.5) is 0 Å². The Morgan fingerprint density at radius 3 is 2.69 bits per heavy atom. The molecule has 0 aliphatic rings. The molecule has 0 spiro atoms. The molecule has 0 aromatic carbocycles. The summed E-state index contributed by atoms with van der Waals surface area (Å²) in [6.45, 7) is 0. The van der Waals surface area contributed by atoms with Gasteiger partial charge in [-0.3, -0.25) is 4.79 Å². The molecule has 16 heavy (non-hydrogen) atoms. The van der Waals surface area contributed by atoms with Crippen molar-refractivity contribution in [2.24, 2.45) is 0 Å². The molecule has 0 amide bonds. The van der Waals surface area contributed by atoms with Crippen LogP contribution in [0.3, 0.4) is 0 Å². The number of sulfone groups is 1. The van der Waals surface area contributed by atoms with Gasteiger partial charge in [-0.05, 0) is 23.6 Å². The van der Waals surface area contributed by atoms with Crippen molar-refractivity contribution in [2.75, 3.05) is 0 Å². The van der Waals surface area contributed by atoms with E-state index < -0.39 is 9.84 Å². The van der Waals surface area contributed by atoms with E-state index in [4.69, 9.17) is 4.42 Å². The lowest BCUT2D eigenvalue weighted by molar-refractivity contribution is 0.109. The van der Waals surface area contributed by atoms with Crippen LogP contribution >= 0.6 is 11.3 Å². The maximum absolute atomic E-state index is 11.8. The topological polar surface area (TPSA) is 64.3 Å². The Labute approximate surface area is 96.4 Å². The average molecular weight is 256 g/mol. The third kappa shape index (κ3) is 2.23. The SMILES string of the molecule is O=Cc1ccc(CS(=O)(=O)c2cccs2)o1. The van der Waals surface area contributed by atoms with Crippen LogP contribution in [0.15, 0.2) is 38.3 Å². The summed E-state index contributed by atoms with van der Waals surface area (Å²) in [7, 11) is -3.36. The largest absolute Gasteiger partial charge is 0.457 e. The smallest absolute Gasteiger partial charge is 0.194 e. The molecule has 2 aromatic rings. The second-order valence-corrected chi connectivity index (χ2v) is 6.28. The van der Waals surface area contributed by atoms with Crippen molar-refractivity contribution < 1.29 is 17.6 Å². The van der Waals surface area contributed by atoms with Gasteiger partial charge in [-0.2, -0.15) is 0 Å². The summed E-state index contributed by atoms with van der Waals surface area (Å²) in [5.74, 6) is 0.188. The molecule has 0 N–H and O–H groups in total. The maximum Gasteiger partial charge on any atom is 0.194 e. The summed E-state index contributed by atoms with van der Waals surface area (Å²) in [6.07, 6.45) is 0.543. The van der Waals surface area contributed by atoms with Crippen molar-refractivity contribution in [3.05, 3.63) is 41.2 Å². The van der Waals surface area contributed by atoms with Gasteiger partial charge in [0, 0.05) is 0 Å². The van der Waals surface area contributed by atoms with Crippen molar-refractivity contribution in [3.63, 3.8) is 0 Å². The van der Waals surface area contributed by atoms with E-state index in [2.05, 4.69) is 0 Å². The first-order chi connectivity index (χ1) is 7.62. The van der Waals surface area contributed by atoms with E-state index in [0.29, 0.717) is 10.5 Å². The first kappa shape index (κ1) is 11.1. The lowest BCUT2D eigenvalue weighted by Gasteiger charge is -1.97. The van der Waals surface area contributed by atoms with Gasteiger partial charge in [-0.1, -0.05) is 6.07 Å². The lowest BCUT2D eigenvalue weighted by atomic mass is 10.4. The van der Waals surface area contributed by atoms with Crippen LogP contribution in [0, 0.1) is 0 Å². The Morgan fingerprint density at radius 1 is 1.31 bits per heavy atom. The van der Waals surface area contributed by atoms with Crippen LogP contribution in [0.2, 0.25) is 0 Å². The highest BCUT2D eigenvalue weighted by Crippen LogP contribution is 2.21. The molecule has 0 saturated heterocycles. The molecule has 6 heteroatoms. The van der Waals surface area contributed by atoms with Crippen molar-refractivity contribution in [1.29, 1.82) is 0 Å². The van der Waals surface area contributed by atoms with Gasteiger partial charge in [0.05, 0.1) is 0 Å². The minimum Gasteiger partial charge on any atom is -0.457 e. The normalized spacial score (nSPS) is 11.5. The summed E-state index contributed by atoms with van der Waals surface area (Å²) >= 11 is 1.16. The van der Waals surface area contributed by atoms with E-state index in [-0.39, 0.29) is 17.3 Å². The first-order valence-electron chi connectivity index (χ1n) is 4.42. The van der Waals surface area contributed by atoms with Crippen LogP contribution in [-0.4, -0.2) is 14.7 Å². The molecular weight excluding hydrogens is 248 g/mol. The van der Waals surface area contributed by atoms with Gasteiger partial charge in [-0.25, -0.2) is 8.42 Å². The zero-order chi connectivity index (χ0) is 11.6. The predicted molar refractivity (Wildman–Crippen MR) is 59.3 cm³/mol. The van der Waals surface area contributed by atoms with E-state index in [9.17, 15) is 13.2 Å². The number of aldehydes is 1. The van der Waals surface area contributed by atoms with Gasteiger partial charge in [0.15, 0.2) is 21.9 Å². The Morgan fingerprint density at radius 2 is 2.12 bits per heavy atom. The highest BCUT2D eigenvalue weighted by Gasteiger charge is 2.18. The number of carbonyl (C=O) groups excluding carboxylic acids is 1. The minimum atomic E-state index is -3.36. The molecule has 0 atom stereocenters. The lowest BCUT2D eigenvalue weighted by Crippen LogP contribution is -2.01. The standard InChI is InChI=1S/C10H8O4S2/c11-6-8-3-4-9(14-8)7-16(12,13)10-2-1-5-15-10/h1-6H,7H2. The average Bonchev–Trinajstić information content (AvgIpc) is 2.86. The molecule has 0 radical (unpaired) electrons. The molecule has 84 valence electrons. The third-order valence-electron chi connectivity index (χ3n) is 1.93. The van der Waals surface area contributed by atoms with Crippen LogP contribution < -0.4 is 0 Å². The molecule has 0 aliphatic heterocycles. The van der Waals surface area contributed by atoms with Crippen LogP contribution in [0.1, 0.15) is 16.3 Å². The molecule has 0 unspecified atom stereocenters. The van der Waals surface area contributed by atoms with E-state index >= 15 is 0 Å². The first-order valence-corrected chi connectivity index (χ1v) is 6.95. The van der Waals surface area contributed by atoms with E-state index in [1.807, 2.05) is 0 Å². The predicted octanol–water partition coefficient (Wildman–Crippen LogP) is 2.13. The minimum absolute atomic E-state index is 0.136. The third-order valence-corrected chi connectivity index (χ3v) is 5.06. The molecule has 2 rings (SSSR count). The summed E-state index contributed by atoms with van der Waals surface area (Å²) in [5, 5.41) is 1.70. The van der Waals surface area contributed by atoms with Gasteiger partial charge in [0.25, 0.3) is 0 Å². The Hall–Kier alpha value is -1.40. The van der Waals surface area contributed by atoms with Crippen molar-refractivity contribution in [3.8, 4) is 0 Å².